The predicted molar refractivity (Wildman–Crippen MR) is 56.7 cm³/mol. The van der Waals surface area contributed by atoms with Crippen molar-refractivity contribution in [3.05, 3.63) is 35.4 Å². The lowest BCUT2D eigenvalue weighted by Gasteiger charge is -2.22. The first-order valence-corrected chi connectivity index (χ1v) is 5.26. The topological polar surface area (TPSA) is 66.8 Å². The van der Waals surface area contributed by atoms with Crippen LogP contribution in [-0.2, 0) is 10.5 Å². The number of ether oxygens (including phenoxy) is 1. The van der Waals surface area contributed by atoms with E-state index in [1.807, 2.05) is 0 Å². The molecule has 1 aliphatic rings. The molecule has 0 spiro atoms. The van der Waals surface area contributed by atoms with E-state index in [0.717, 1.165) is 0 Å². The van der Waals surface area contributed by atoms with Crippen LogP contribution in [0.2, 0.25) is 0 Å². The van der Waals surface area contributed by atoms with Crippen LogP contribution < -0.4 is 0 Å². The van der Waals surface area contributed by atoms with Crippen molar-refractivity contribution in [2.24, 2.45) is 0 Å². The maximum Gasteiger partial charge on any atom is 0.341 e. The van der Waals surface area contributed by atoms with E-state index in [1.54, 1.807) is 31.2 Å². The lowest BCUT2D eigenvalue weighted by Crippen LogP contribution is -2.26. The highest BCUT2D eigenvalue weighted by Gasteiger charge is 2.43. The Morgan fingerprint density at radius 3 is 2.81 bits per heavy atom. The van der Waals surface area contributed by atoms with E-state index in [4.69, 9.17) is 4.74 Å². The molecule has 2 N–H and O–H groups in total. The number of esters is 1. The molecule has 0 fully saturated rings. The maximum atomic E-state index is 11.5. The van der Waals surface area contributed by atoms with Crippen LogP contribution in [0, 0.1) is 0 Å². The van der Waals surface area contributed by atoms with Gasteiger partial charge in [0, 0.05) is 12.0 Å². The van der Waals surface area contributed by atoms with Gasteiger partial charge in [-0.15, -0.1) is 0 Å². The Hall–Kier alpha value is -1.39. The summed E-state index contributed by atoms with van der Waals surface area (Å²) < 4.78 is 4.98. The van der Waals surface area contributed by atoms with Gasteiger partial charge in [-0.1, -0.05) is 18.2 Å². The summed E-state index contributed by atoms with van der Waals surface area (Å²) in [7, 11) is 0. The van der Waals surface area contributed by atoms with E-state index in [0.29, 0.717) is 17.5 Å². The number of cyclic esters (lactones) is 1. The van der Waals surface area contributed by atoms with Crippen LogP contribution in [-0.4, -0.2) is 22.3 Å². The van der Waals surface area contributed by atoms with Crippen LogP contribution in [0.4, 0.5) is 0 Å². The average molecular weight is 222 g/mol. The molecule has 1 heterocycles. The molecule has 0 amide bonds. The molecule has 1 aromatic carbocycles. The Morgan fingerprint density at radius 1 is 1.44 bits per heavy atom. The standard InChI is InChI=1S/C12H14O4/c1-8(13)6-7-12(15)10-5-3-2-4-9(10)11(14)16-12/h2-5,8,13,15H,6-7H2,1H3. The van der Waals surface area contributed by atoms with Gasteiger partial charge in [-0.3, -0.25) is 0 Å². The van der Waals surface area contributed by atoms with Gasteiger partial charge in [0.1, 0.15) is 0 Å². The van der Waals surface area contributed by atoms with Gasteiger partial charge >= 0.3 is 5.97 Å². The zero-order valence-electron chi connectivity index (χ0n) is 9.01. The second-order valence-electron chi connectivity index (χ2n) is 4.11. The number of aliphatic hydroxyl groups excluding tert-OH is 1. The molecule has 2 rings (SSSR count). The van der Waals surface area contributed by atoms with E-state index < -0.39 is 17.9 Å². The molecule has 0 saturated carbocycles. The Labute approximate surface area is 93.5 Å². The second kappa shape index (κ2) is 3.88. The van der Waals surface area contributed by atoms with Crippen LogP contribution in [0.15, 0.2) is 24.3 Å². The van der Waals surface area contributed by atoms with Crippen molar-refractivity contribution in [3.63, 3.8) is 0 Å². The Kier molecular flexibility index (Phi) is 2.69. The van der Waals surface area contributed by atoms with Crippen molar-refractivity contribution in [1.29, 1.82) is 0 Å². The quantitative estimate of drug-likeness (QED) is 0.753. The number of carbonyl (C=O) groups is 1. The van der Waals surface area contributed by atoms with Crippen LogP contribution in [0.25, 0.3) is 0 Å². The van der Waals surface area contributed by atoms with Gasteiger partial charge in [0.2, 0.25) is 5.79 Å². The fourth-order valence-electron chi connectivity index (χ4n) is 1.86. The average Bonchev–Trinajstić information content (AvgIpc) is 2.51. The minimum atomic E-state index is -1.58. The summed E-state index contributed by atoms with van der Waals surface area (Å²) in [4.78, 5) is 11.5. The lowest BCUT2D eigenvalue weighted by atomic mass is 9.97. The van der Waals surface area contributed by atoms with E-state index in [9.17, 15) is 15.0 Å². The summed E-state index contributed by atoms with van der Waals surface area (Å²) in [6.45, 7) is 1.63. The van der Waals surface area contributed by atoms with Crippen molar-refractivity contribution < 1.29 is 19.7 Å². The molecule has 4 heteroatoms. The Morgan fingerprint density at radius 2 is 2.12 bits per heavy atom. The molecule has 0 bridgehead atoms. The summed E-state index contributed by atoms with van der Waals surface area (Å²) in [5.74, 6) is -2.09. The number of carbonyl (C=O) groups excluding carboxylic acids is 1. The molecule has 16 heavy (non-hydrogen) atoms. The van der Waals surface area contributed by atoms with Crippen LogP contribution >= 0.6 is 0 Å². The van der Waals surface area contributed by atoms with Crippen molar-refractivity contribution >= 4 is 5.97 Å². The largest absolute Gasteiger partial charge is 0.425 e. The van der Waals surface area contributed by atoms with Gasteiger partial charge in [-0.05, 0) is 19.4 Å². The third kappa shape index (κ3) is 1.81. The van der Waals surface area contributed by atoms with Gasteiger partial charge < -0.3 is 14.9 Å². The monoisotopic (exact) mass is 222 g/mol. The first kappa shape index (κ1) is 11.1. The fourth-order valence-corrected chi connectivity index (χ4v) is 1.86. The Balaban J connectivity index is 2.28. The predicted octanol–water partition coefficient (Wildman–Crippen LogP) is 1.16. The summed E-state index contributed by atoms with van der Waals surface area (Å²) in [5, 5.41) is 19.4. The molecule has 0 aromatic heterocycles. The molecule has 86 valence electrons. The highest BCUT2D eigenvalue weighted by molar-refractivity contribution is 5.94. The van der Waals surface area contributed by atoms with E-state index >= 15 is 0 Å². The maximum absolute atomic E-state index is 11.5. The van der Waals surface area contributed by atoms with Crippen LogP contribution in [0.1, 0.15) is 35.7 Å². The molecule has 4 nitrogen and oxygen atoms in total. The molecule has 0 saturated heterocycles. The number of fused-ring (bicyclic) bond motifs is 1. The number of hydrogen-bond acceptors (Lipinski definition) is 4. The van der Waals surface area contributed by atoms with Gasteiger partial charge in [0.25, 0.3) is 0 Å². The number of aliphatic hydroxyl groups is 2. The minimum absolute atomic E-state index is 0.202. The molecule has 1 aliphatic heterocycles. The fraction of sp³-hybridized carbons (Fsp3) is 0.417. The Bertz CT molecular complexity index is 413. The molecule has 2 unspecified atom stereocenters. The third-order valence-electron chi connectivity index (χ3n) is 2.73. The molecule has 0 radical (unpaired) electrons. The number of rotatable bonds is 3. The minimum Gasteiger partial charge on any atom is -0.425 e. The van der Waals surface area contributed by atoms with Gasteiger partial charge in [-0.25, -0.2) is 4.79 Å². The van der Waals surface area contributed by atoms with E-state index in [2.05, 4.69) is 0 Å². The van der Waals surface area contributed by atoms with E-state index in [-0.39, 0.29) is 6.42 Å². The highest BCUT2D eigenvalue weighted by atomic mass is 16.7. The van der Waals surface area contributed by atoms with Crippen molar-refractivity contribution in [3.8, 4) is 0 Å². The first-order valence-electron chi connectivity index (χ1n) is 5.26. The van der Waals surface area contributed by atoms with Gasteiger partial charge in [0.15, 0.2) is 0 Å². The third-order valence-corrected chi connectivity index (χ3v) is 2.73. The first-order chi connectivity index (χ1) is 7.53. The summed E-state index contributed by atoms with van der Waals surface area (Å²) in [6, 6.07) is 6.76. The van der Waals surface area contributed by atoms with Crippen molar-refractivity contribution in [2.75, 3.05) is 0 Å². The highest BCUT2D eigenvalue weighted by Crippen LogP contribution is 2.37. The molecular formula is C12H14O4. The molecule has 2 atom stereocenters. The molecular weight excluding hydrogens is 208 g/mol. The molecule has 0 aliphatic carbocycles. The van der Waals surface area contributed by atoms with Crippen molar-refractivity contribution in [1.82, 2.24) is 0 Å². The zero-order valence-corrected chi connectivity index (χ0v) is 9.01. The summed E-state index contributed by atoms with van der Waals surface area (Å²) >= 11 is 0. The molecule has 1 aromatic rings. The van der Waals surface area contributed by atoms with Crippen LogP contribution in [0.5, 0.6) is 0 Å². The number of hydrogen-bond donors (Lipinski definition) is 2. The lowest BCUT2D eigenvalue weighted by molar-refractivity contribution is -0.171. The van der Waals surface area contributed by atoms with Crippen molar-refractivity contribution in [2.45, 2.75) is 31.7 Å². The van der Waals surface area contributed by atoms with Crippen LogP contribution in [0.3, 0.4) is 0 Å². The zero-order chi connectivity index (χ0) is 11.8. The smallest absolute Gasteiger partial charge is 0.341 e. The SMILES string of the molecule is CC(O)CCC1(O)OC(=O)c2ccccc21. The van der Waals surface area contributed by atoms with Gasteiger partial charge in [0.05, 0.1) is 11.7 Å². The second-order valence-corrected chi connectivity index (χ2v) is 4.11. The van der Waals surface area contributed by atoms with Gasteiger partial charge in [-0.2, -0.15) is 0 Å². The summed E-state index contributed by atoms with van der Waals surface area (Å²) in [5.41, 5.74) is 0.885. The summed E-state index contributed by atoms with van der Waals surface area (Å²) in [6.07, 6.45) is 0.0430. The number of benzene rings is 1. The normalized spacial score (nSPS) is 25.1. The van der Waals surface area contributed by atoms with E-state index in [1.165, 1.54) is 0 Å².